The Kier molecular flexibility index (Phi) is 6.08. The molecule has 3 N–H and O–H groups in total. The highest BCUT2D eigenvalue weighted by Gasteiger charge is 2.19. The topological polar surface area (TPSA) is 88.1 Å². The van der Waals surface area contributed by atoms with Gasteiger partial charge in [0, 0.05) is 35.7 Å². The van der Waals surface area contributed by atoms with Crippen molar-refractivity contribution in [2.45, 2.75) is 13.0 Å². The number of nitrogens with one attached hydrogen (secondary N) is 3. The van der Waals surface area contributed by atoms with Gasteiger partial charge < -0.3 is 29.6 Å². The Bertz CT molecular complexity index is 1130. The van der Waals surface area contributed by atoms with E-state index in [1.54, 1.807) is 11.0 Å². The molecule has 0 radical (unpaired) electrons. The number of carbonyl (C=O) groups excluding carboxylic acids is 1. The number of para-hydroxylation sites is 1. The van der Waals surface area contributed by atoms with Gasteiger partial charge in [-0.1, -0.05) is 18.2 Å². The molecule has 3 aromatic rings. The summed E-state index contributed by atoms with van der Waals surface area (Å²) in [6.45, 7) is 1.85. The molecule has 4 rings (SSSR count). The number of anilines is 1. The molecule has 8 heteroatoms. The Morgan fingerprint density at radius 2 is 1.87 bits per heavy atom. The van der Waals surface area contributed by atoms with Crippen LogP contribution in [-0.2, 0) is 6.54 Å². The first-order valence-electron chi connectivity index (χ1n) is 10.3. The number of pyridine rings is 1. The fourth-order valence-corrected chi connectivity index (χ4v) is 3.56. The Hall–Kier alpha value is -3.52. The maximum atomic E-state index is 13.0. The van der Waals surface area contributed by atoms with Crippen LogP contribution in [0.5, 0.6) is 11.5 Å². The lowest BCUT2D eigenvalue weighted by atomic mass is 10.1. The van der Waals surface area contributed by atoms with E-state index in [0.717, 1.165) is 24.0 Å². The number of aromatic amines is 1. The lowest BCUT2D eigenvalue weighted by Crippen LogP contribution is -3.05. The molecule has 1 aliphatic rings. The number of hydrogen-bond acceptors (Lipinski definition) is 4. The highest BCUT2D eigenvalue weighted by atomic mass is 16.7. The molecule has 162 valence electrons. The molecule has 1 aliphatic heterocycles. The van der Waals surface area contributed by atoms with E-state index in [-0.39, 0.29) is 24.9 Å². The molecule has 2 amide bonds. The summed E-state index contributed by atoms with van der Waals surface area (Å²) < 4.78 is 10.8. The molecule has 0 atom stereocenters. The van der Waals surface area contributed by atoms with Crippen LogP contribution in [0.3, 0.4) is 0 Å². The van der Waals surface area contributed by atoms with Crippen molar-refractivity contribution in [3.63, 3.8) is 0 Å². The molecule has 2 aromatic carbocycles. The van der Waals surface area contributed by atoms with Gasteiger partial charge in [0.15, 0.2) is 11.5 Å². The highest BCUT2D eigenvalue weighted by Crippen LogP contribution is 2.35. The van der Waals surface area contributed by atoms with Crippen LogP contribution in [0.1, 0.15) is 12.0 Å². The summed E-state index contributed by atoms with van der Waals surface area (Å²) in [5, 5.41) is 3.76. The van der Waals surface area contributed by atoms with Gasteiger partial charge in [0.1, 0.15) is 0 Å². The molecule has 8 nitrogen and oxygen atoms in total. The normalized spacial score (nSPS) is 12.4. The third-order valence-electron chi connectivity index (χ3n) is 5.19. The second-order valence-electron chi connectivity index (χ2n) is 7.94. The van der Waals surface area contributed by atoms with Gasteiger partial charge in [0.05, 0.1) is 32.7 Å². The van der Waals surface area contributed by atoms with Gasteiger partial charge >= 0.3 is 6.03 Å². The van der Waals surface area contributed by atoms with Crippen LogP contribution in [-0.4, -0.2) is 49.9 Å². The molecule has 0 unspecified atom stereocenters. The molecule has 0 fully saturated rings. The number of aromatic nitrogens is 1. The smallest absolute Gasteiger partial charge is 0.322 e. The Balaban J connectivity index is 1.58. The molecule has 0 aliphatic carbocycles. The number of amides is 2. The summed E-state index contributed by atoms with van der Waals surface area (Å²) in [7, 11) is 4.15. The quantitative estimate of drug-likeness (QED) is 0.541. The number of nitrogens with zero attached hydrogens (tertiary/aromatic N) is 1. The van der Waals surface area contributed by atoms with Gasteiger partial charge in [-0.05, 0) is 24.3 Å². The minimum absolute atomic E-state index is 0.171. The lowest BCUT2D eigenvalue weighted by Gasteiger charge is -2.23. The van der Waals surface area contributed by atoms with E-state index in [0.29, 0.717) is 29.1 Å². The first-order chi connectivity index (χ1) is 15.0. The number of ether oxygens (including phenoxy) is 2. The summed E-state index contributed by atoms with van der Waals surface area (Å²) in [6.07, 6.45) is 0.828. The zero-order valence-electron chi connectivity index (χ0n) is 17.7. The molecule has 1 aromatic heterocycles. The van der Waals surface area contributed by atoms with E-state index in [9.17, 15) is 9.59 Å². The molecular weight excluding hydrogens is 396 g/mol. The summed E-state index contributed by atoms with van der Waals surface area (Å²) >= 11 is 0. The van der Waals surface area contributed by atoms with E-state index in [1.165, 1.54) is 4.90 Å². The number of H-pyrrole nitrogens is 1. The standard InChI is InChI=1S/C23H26N4O4/c1-26(2)9-6-10-27(23(29)24-18-7-4-3-5-8-18)14-17-11-16-12-20-21(31-15-30-20)13-19(16)25-22(17)28/h3-5,7-8,11-13H,6,9-10,14-15H2,1-2H3,(H,24,29)(H,25,28)/p+1. The number of carbonyl (C=O) groups is 1. The van der Waals surface area contributed by atoms with Crippen molar-refractivity contribution in [2.75, 3.05) is 39.3 Å². The summed E-state index contributed by atoms with van der Waals surface area (Å²) in [4.78, 5) is 31.6. The third-order valence-corrected chi connectivity index (χ3v) is 5.19. The number of urea groups is 1. The van der Waals surface area contributed by atoms with Crippen LogP contribution < -0.4 is 25.2 Å². The zero-order valence-corrected chi connectivity index (χ0v) is 17.7. The van der Waals surface area contributed by atoms with Gasteiger partial charge in [-0.2, -0.15) is 0 Å². The molecule has 31 heavy (non-hydrogen) atoms. The van der Waals surface area contributed by atoms with Crippen molar-refractivity contribution >= 4 is 22.6 Å². The summed E-state index contributed by atoms with van der Waals surface area (Å²) in [5.74, 6) is 1.27. The predicted molar refractivity (Wildman–Crippen MR) is 119 cm³/mol. The number of fused-ring (bicyclic) bond motifs is 2. The SMILES string of the molecule is C[NH+](C)CCCN(Cc1cc2cc3c(cc2[nH]c1=O)OCO3)C(=O)Nc1ccccc1. The Morgan fingerprint density at radius 1 is 1.13 bits per heavy atom. The van der Waals surface area contributed by atoms with E-state index >= 15 is 0 Å². The van der Waals surface area contributed by atoms with E-state index < -0.39 is 0 Å². The average Bonchev–Trinajstić information content (AvgIpc) is 3.19. The molecule has 0 bridgehead atoms. The van der Waals surface area contributed by atoms with E-state index in [1.807, 2.05) is 42.5 Å². The number of quaternary nitrogens is 1. The van der Waals surface area contributed by atoms with Gasteiger partial charge in [-0.3, -0.25) is 4.79 Å². The van der Waals surface area contributed by atoms with Crippen molar-refractivity contribution in [2.24, 2.45) is 0 Å². The lowest BCUT2D eigenvalue weighted by molar-refractivity contribution is -0.858. The van der Waals surface area contributed by atoms with Crippen LogP contribution in [0.15, 0.2) is 53.3 Å². The van der Waals surface area contributed by atoms with E-state index in [2.05, 4.69) is 24.4 Å². The largest absolute Gasteiger partial charge is 0.454 e. The Morgan fingerprint density at radius 3 is 2.61 bits per heavy atom. The van der Waals surface area contributed by atoms with Crippen LogP contribution >= 0.6 is 0 Å². The molecule has 2 heterocycles. The van der Waals surface area contributed by atoms with Gasteiger partial charge in [0.25, 0.3) is 5.56 Å². The second kappa shape index (κ2) is 9.09. The van der Waals surface area contributed by atoms with Crippen LogP contribution in [0.4, 0.5) is 10.5 Å². The Labute approximate surface area is 180 Å². The zero-order chi connectivity index (χ0) is 21.8. The minimum atomic E-state index is -0.231. The molecule has 0 saturated carbocycles. The minimum Gasteiger partial charge on any atom is -0.454 e. The summed E-state index contributed by atoms with van der Waals surface area (Å²) in [5.41, 5.74) is 1.69. The number of rotatable bonds is 7. The van der Waals surface area contributed by atoms with Crippen LogP contribution in [0, 0.1) is 0 Å². The molecular formula is C23H27N4O4+. The van der Waals surface area contributed by atoms with Crippen molar-refractivity contribution in [3.8, 4) is 11.5 Å². The van der Waals surface area contributed by atoms with Gasteiger partial charge in [-0.15, -0.1) is 0 Å². The monoisotopic (exact) mass is 423 g/mol. The van der Waals surface area contributed by atoms with Crippen LogP contribution in [0.25, 0.3) is 10.9 Å². The highest BCUT2D eigenvalue weighted by molar-refractivity contribution is 5.89. The first-order valence-corrected chi connectivity index (χ1v) is 10.3. The van der Waals surface area contributed by atoms with Crippen LogP contribution in [0.2, 0.25) is 0 Å². The maximum Gasteiger partial charge on any atom is 0.322 e. The van der Waals surface area contributed by atoms with E-state index in [4.69, 9.17) is 9.47 Å². The fraction of sp³-hybridized carbons (Fsp3) is 0.304. The van der Waals surface area contributed by atoms with Crippen molar-refractivity contribution < 1.29 is 19.2 Å². The molecule has 0 spiro atoms. The van der Waals surface area contributed by atoms with Gasteiger partial charge in [-0.25, -0.2) is 4.79 Å². The van der Waals surface area contributed by atoms with Gasteiger partial charge in [0.2, 0.25) is 6.79 Å². The number of hydrogen-bond donors (Lipinski definition) is 3. The summed E-state index contributed by atoms with van der Waals surface area (Å²) in [6, 6.07) is 14.5. The maximum absolute atomic E-state index is 13.0. The average molecular weight is 423 g/mol. The third kappa shape index (κ3) is 4.97. The first kappa shape index (κ1) is 20.7. The van der Waals surface area contributed by atoms with Crippen molar-refractivity contribution in [1.29, 1.82) is 0 Å². The fourth-order valence-electron chi connectivity index (χ4n) is 3.56. The van der Waals surface area contributed by atoms with Crippen molar-refractivity contribution in [3.05, 3.63) is 64.4 Å². The second-order valence-corrected chi connectivity index (χ2v) is 7.94. The predicted octanol–water partition coefficient (Wildman–Crippen LogP) is 1.83. The van der Waals surface area contributed by atoms with Crippen molar-refractivity contribution in [1.82, 2.24) is 9.88 Å². The molecule has 0 saturated heterocycles. The number of benzene rings is 2.